The van der Waals surface area contributed by atoms with Gasteiger partial charge in [-0.3, -0.25) is 0 Å². The molecule has 0 saturated carbocycles. The Labute approximate surface area is 114 Å². The predicted octanol–water partition coefficient (Wildman–Crippen LogP) is 3.84. The third kappa shape index (κ3) is 2.63. The van der Waals surface area contributed by atoms with Gasteiger partial charge in [0, 0.05) is 29.6 Å². The van der Waals surface area contributed by atoms with E-state index < -0.39 is 0 Å². The second-order valence-electron chi connectivity index (χ2n) is 4.21. The second kappa shape index (κ2) is 5.16. The molecule has 0 amide bonds. The number of rotatable bonds is 1. The Morgan fingerprint density at radius 1 is 1.00 bits per heavy atom. The van der Waals surface area contributed by atoms with Crippen LogP contribution >= 0.6 is 0 Å². The molecular formula is C14H16Na. The van der Waals surface area contributed by atoms with E-state index in [4.69, 9.17) is 0 Å². The van der Waals surface area contributed by atoms with Crippen molar-refractivity contribution in [3.05, 3.63) is 47.5 Å². The first-order valence-corrected chi connectivity index (χ1v) is 5.18. The number of fused-ring (bicyclic) bond motifs is 1. The van der Waals surface area contributed by atoms with Gasteiger partial charge < -0.3 is 0 Å². The molecule has 0 N–H and O–H groups in total. The van der Waals surface area contributed by atoms with E-state index in [9.17, 15) is 0 Å². The Balaban J connectivity index is 0.00000112. The summed E-state index contributed by atoms with van der Waals surface area (Å²) in [6.45, 7) is 6.63. The Kier molecular flexibility index (Phi) is 4.39. The molecule has 0 aromatic carbocycles. The van der Waals surface area contributed by atoms with Gasteiger partial charge in [0.2, 0.25) is 0 Å². The van der Waals surface area contributed by atoms with Gasteiger partial charge in [0.05, 0.1) is 0 Å². The minimum Gasteiger partial charge on any atom is -0.0614 e. The summed E-state index contributed by atoms with van der Waals surface area (Å²) in [5.74, 6) is 0.598. The van der Waals surface area contributed by atoms with Gasteiger partial charge >= 0.3 is 0 Å². The molecule has 2 aliphatic carbocycles. The van der Waals surface area contributed by atoms with Crippen molar-refractivity contribution in [2.24, 2.45) is 0 Å². The summed E-state index contributed by atoms with van der Waals surface area (Å²) >= 11 is 0. The first-order chi connectivity index (χ1) is 6.68. The van der Waals surface area contributed by atoms with E-state index in [1.54, 1.807) is 0 Å². The Morgan fingerprint density at radius 2 is 1.73 bits per heavy atom. The van der Waals surface area contributed by atoms with Crippen LogP contribution in [0.15, 0.2) is 36.4 Å². The van der Waals surface area contributed by atoms with E-state index >= 15 is 0 Å². The molecule has 2 rings (SSSR count). The molecule has 15 heavy (non-hydrogen) atoms. The average Bonchev–Trinajstić information content (AvgIpc) is 2.40. The van der Waals surface area contributed by atoms with Crippen LogP contribution in [0.3, 0.4) is 0 Å². The molecular weight excluding hydrogens is 191 g/mol. The van der Waals surface area contributed by atoms with Gasteiger partial charge in [0.1, 0.15) is 0 Å². The molecule has 0 nitrogen and oxygen atoms in total. The smallest absolute Gasteiger partial charge is 0 e. The van der Waals surface area contributed by atoms with Crippen molar-refractivity contribution in [1.29, 1.82) is 0 Å². The molecule has 1 heteroatoms. The van der Waals surface area contributed by atoms with Crippen molar-refractivity contribution >= 4 is 29.6 Å². The Hall–Kier alpha value is -0.300. The topological polar surface area (TPSA) is 0 Å². The molecule has 0 spiro atoms. The van der Waals surface area contributed by atoms with E-state index in [2.05, 4.69) is 57.2 Å². The molecule has 0 bridgehead atoms. The summed E-state index contributed by atoms with van der Waals surface area (Å²) in [7, 11) is 0. The molecule has 0 fully saturated rings. The normalized spacial score (nSPS) is 10.4. The zero-order chi connectivity index (χ0) is 10.1. The van der Waals surface area contributed by atoms with Crippen LogP contribution < -0.4 is 0 Å². The van der Waals surface area contributed by atoms with Crippen LogP contribution in [0.25, 0.3) is 11.1 Å². The molecule has 0 aliphatic heterocycles. The van der Waals surface area contributed by atoms with Crippen molar-refractivity contribution in [1.82, 2.24) is 0 Å². The number of hydrogen-bond acceptors (Lipinski definition) is 0. The van der Waals surface area contributed by atoms with Crippen LogP contribution in [0.1, 0.15) is 30.9 Å². The summed E-state index contributed by atoms with van der Waals surface area (Å²) < 4.78 is 0. The minimum atomic E-state index is 0. The molecule has 73 valence electrons. The molecule has 0 saturated heterocycles. The maximum atomic E-state index is 2.30. The quantitative estimate of drug-likeness (QED) is 0.623. The molecule has 0 aromatic rings. The van der Waals surface area contributed by atoms with Crippen molar-refractivity contribution in [2.75, 3.05) is 0 Å². The molecule has 0 aromatic heterocycles. The maximum absolute atomic E-state index is 2.30. The number of hydrogen-bond donors (Lipinski definition) is 0. The summed E-state index contributed by atoms with van der Waals surface area (Å²) in [5.41, 5.74) is 5.50. The van der Waals surface area contributed by atoms with Crippen molar-refractivity contribution in [3.63, 3.8) is 0 Å². The fourth-order valence-corrected chi connectivity index (χ4v) is 1.82. The van der Waals surface area contributed by atoms with E-state index in [1.165, 1.54) is 22.3 Å². The van der Waals surface area contributed by atoms with Crippen LogP contribution in [-0.2, 0) is 0 Å². The van der Waals surface area contributed by atoms with Gasteiger partial charge in [0.25, 0.3) is 0 Å². The molecule has 1 radical (unpaired) electrons. The van der Waals surface area contributed by atoms with Gasteiger partial charge in [-0.1, -0.05) is 50.2 Å². The standard InChI is InChI=1S/C14H16.Na/c1-10(2)12-5-4-6-14-11(3)7-8-13(14)9-12;/h4-10H,1-3H3;. The first kappa shape index (κ1) is 12.8. The van der Waals surface area contributed by atoms with E-state index in [0.29, 0.717) is 5.92 Å². The monoisotopic (exact) mass is 207 g/mol. The maximum Gasteiger partial charge on any atom is 0 e. The minimum absolute atomic E-state index is 0. The van der Waals surface area contributed by atoms with Crippen LogP contribution in [0.5, 0.6) is 0 Å². The van der Waals surface area contributed by atoms with Crippen LogP contribution in [0.2, 0.25) is 0 Å². The SMILES string of the molecule is Cc1ccc2cc(C(C)C)cccc1-2.[Na]. The summed E-state index contributed by atoms with van der Waals surface area (Å²) in [4.78, 5) is 0. The summed E-state index contributed by atoms with van der Waals surface area (Å²) in [5, 5.41) is 0. The van der Waals surface area contributed by atoms with Gasteiger partial charge in [-0.15, -0.1) is 0 Å². The molecule has 0 atom stereocenters. The van der Waals surface area contributed by atoms with Gasteiger partial charge in [0.15, 0.2) is 0 Å². The fourth-order valence-electron chi connectivity index (χ4n) is 1.82. The molecule has 0 heterocycles. The van der Waals surface area contributed by atoms with E-state index in [1.807, 2.05) is 0 Å². The van der Waals surface area contributed by atoms with Crippen molar-refractivity contribution < 1.29 is 0 Å². The molecule has 0 unspecified atom stereocenters. The third-order valence-corrected chi connectivity index (χ3v) is 2.79. The third-order valence-electron chi connectivity index (χ3n) is 2.79. The fraction of sp³-hybridized carbons (Fsp3) is 0.286. The zero-order valence-corrected chi connectivity index (χ0v) is 12.0. The van der Waals surface area contributed by atoms with E-state index in [-0.39, 0.29) is 29.6 Å². The van der Waals surface area contributed by atoms with Crippen LogP contribution in [-0.4, -0.2) is 29.6 Å². The molecule has 2 aliphatic rings. The average molecular weight is 207 g/mol. The van der Waals surface area contributed by atoms with Crippen molar-refractivity contribution in [2.45, 2.75) is 26.7 Å². The number of aryl methyl sites for hydroxylation is 1. The summed E-state index contributed by atoms with van der Waals surface area (Å²) in [6.07, 6.45) is 0. The van der Waals surface area contributed by atoms with E-state index in [0.717, 1.165) is 0 Å². The Morgan fingerprint density at radius 3 is 2.40 bits per heavy atom. The van der Waals surface area contributed by atoms with Gasteiger partial charge in [-0.25, -0.2) is 0 Å². The predicted molar refractivity (Wildman–Crippen MR) is 67.6 cm³/mol. The van der Waals surface area contributed by atoms with Crippen LogP contribution in [0, 0.1) is 6.92 Å². The van der Waals surface area contributed by atoms with Crippen LogP contribution in [0.4, 0.5) is 0 Å². The Bertz CT molecular complexity index is 418. The zero-order valence-electron chi connectivity index (χ0n) is 10.0. The van der Waals surface area contributed by atoms with Gasteiger partial charge in [-0.2, -0.15) is 0 Å². The van der Waals surface area contributed by atoms with Crippen molar-refractivity contribution in [3.8, 4) is 11.1 Å². The second-order valence-corrected chi connectivity index (χ2v) is 4.21. The largest absolute Gasteiger partial charge is 0.0614 e. The first-order valence-electron chi connectivity index (χ1n) is 5.18. The van der Waals surface area contributed by atoms with Gasteiger partial charge in [-0.05, 0) is 35.1 Å². The summed E-state index contributed by atoms with van der Waals surface area (Å²) in [6, 6.07) is 13.3.